The molecule has 122 valence electrons. The number of halogens is 2. The molecule has 0 spiro atoms. The van der Waals surface area contributed by atoms with Crippen LogP contribution in [0.4, 0.5) is 8.78 Å². The minimum Gasteiger partial charge on any atom is -0.200 e. The van der Waals surface area contributed by atoms with Crippen molar-refractivity contribution >= 4 is 10.2 Å². The second-order valence-corrected chi connectivity index (χ2v) is 8.02. The number of fused-ring (bicyclic) bond motifs is 1. The van der Waals surface area contributed by atoms with Crippen LogP contribution in [0.15, 0.2) is 24.3 Å². The fourth-order valence-corrected chi connectivity index (χ4v) is 4.59. The number of nitrogens with one attached hydrogen (secondary N) is 1. The van der Waals surface area contributed by atoms with Crippen LogP contribution < -0.4 is 4.72 Å². The van der Waals surface area contributed by atoms with Crippen LogP contribution in [-0.2, 0) is 16.1 Å². The van der Waals surface area contributed by atoms with Gasteiger partial charge < -0.3 is 0 Å². The van der Waals surface area contributed by atoms with Gasteiger partial charge in [0.05, 0.1) is 6.54 Å². The molecule has 1 aliphatic heterocycles. The number of alkyl halides is 2. The second-order valence-electron chi connectivity index (χ2n) is 6.26. The monoisotopic (exact) mass is 330 g/mol. The highest BCUT2D eigenvalue weighted by molar-refractivity contribution is 7.87. The SMILES string of the molecule is Cc1ccccc1C(F)(F)CNS(=O)(=O)N1C[C@H]2CC[C@H]2C1. The van der Waals surface area contributed by atoms with E-state index in [9.17, 15) is 17.2 Å². The van der Waals surface area contributed by atoms with E-state index in [1.165, 1.54) is 16.4 Å². The molecule has 4 nitrogen and oxygen atoms in total. The van der Waals surface area contributed by atoms with E-state index in [0.29, 0.717) is 30.5 Å². The molecule has 0 unspecified atom stereocenters. The molecule has 2 atom stereocenters. The molecule has 7 heteroatoms. The highest BCUT2D eigenvalue weighted by atomic mass is 32.2. The third-order valence-electron chi connectivity index (χ3n) is 4.81. The van der Waals surface area contributed by atoms with E-state index >= 15 is 0 Å². The van der Waals surface area contributed by atoms with Gasteiger partial charge in [-0.1, -0.05) is 24.3 Å². The summed E-state index contributed by atoms with van der Waals surface area (Å²) in [5.74, 6) is -2.40. The normalized spacial score (nSPS) is 25.8. The smallest absolute Gasteiger partial charge is 0.200 e. The molecule has 0 radical (unpaired) electrons. The predicted octanol–water partition coefficient (Wildman–Crippen LogP) is 2.26. The van der Waals surface area contributed by atoms with Gasteiger partial charge in [-0.2, -0.15) is 26.2 Å². The third kappa shape index (κ3) is 2.89. The Morgan fingerprint density at radius 3 is 2.36 bits per heavy atom. The van der Waals surface area contributed by atoms with Crippen LogP contribution in [0.25, 0.3) is 0 Å². The van der Waals surface area contributed by atoms with Gasteiger partial charge in [0.25, 0.3) is 16.1 Å². The maximum atomic E-state index is 14.3. The zero-order chi connectivity index (χ0) is 16.0. The number of hydrogen-bond donors (Lipinski definition) is 1. The number of rotatable bonds is 5. The molecule has 1 saturated heterocycles. The van der Waals surface area contributed by atoms with Crippen molar-refractivity contribution < 1.29 is 17.2 Å². The molecule has 2 aliphatic rings. The van der Waals surface area contributed by atoms with Crippen molar-refractivity contribution in [1.29, 1.82) is 0 Å². The molecule has 3 rings (SSSR count). The quantitative estimate of drug-likeness (QED) is 0.900. The molecular weight excluding hydrogens is 310 g/mol. The van der Waals surface area contributed by atoms with Gasteiger partial charge in [0, 0.05) is 18.7 Å². The first-order valence-corrected chi connectivity index (χ1v) is 8.92. The summed E-state index contributed by atoms with van der Waals surface area (Å²) < 4.78 is 56.3. The van der Waals surface area contributed by atoms with Crippen molar-refractivity contribution in [2.24, 2.45) is 11.8 Å². The van der Waals surface area contributed by atoms with E-state index in [4.69, 9.17) is 0 Å². The molecule has 1 aromatic rings. The Balaban J connectivity index is 1.67. The highest BCUT2D eigenvalue weighted by Gasteiger charge is 2.44. The zero-order valence-electron chi connectivity index (χ0n) is 12.4. The number of benzene rings is 1. The zero-order valence-corrected chi connectivity index (χ0v) is 13.2. The topological polar surface area (TPSA) is 49.4 Å². The molecule has 0 amide bonds. The third-order valence-corrected chi connectivity index (χ3v) is 6.29. The Kier molecular flexibility index (Phi) is 3.99. The van der Waals surface area contributed by atoms with Crippen molar-refractivity contribution in [3.63, 3.8) is 0 Å². The Bertz CT molecular complexity index is 651. The summed E-state index contributed by atoms with van der Waals surface area (Å²) in [5.41, 5.74) is 0.310. The molecule has 1 heterocycles. The summed E-state index contributed by atoms with van der Waals surface area (Å²) in [4.78, 5) is 0. The molecule has 1 aliphatic carbocycles. The fourth-order valence-electron chi connectivity index (χ4n) is 3.26. The van der Waals surface area contributed by atoms with Crippen LogP contribution in [0.3, 0.4) is 0 Å². The molecule has 0 aromatic heterocycles. The van der Waals surface area contributed by atoms with Crippen LogP contribution in [-0.4, -0.2) is 32.4 Å². The van der Waals surface area contributed by atoms with Gasteiger partial charge in [0.15, 0.2) is 0 Å². The average Bonchev–Trinajstić information content (AvgIpc) is 2.73. The molecule has 1 aromatic carbocycles. The second kappa shape index (κ2) is 5.54. The Morgan fingerprint density at radius 2 is 1.82 bits per heavy atom. The van der Waals surface area contributed by atoms with Gasteiger partial charge in [-0.05, 0) is 37.2 Å². The Hall–Kier alpha value is -1.05. The van der Waals surface area contributed by atoms with Gasteiger partial charge in [0.1, 0.15) is 0 Å². The minimum absolute atomic E-state index is 0.140. The molecule has 1 N–H and O–H groups in total. The predicted molar refractivity (Wildman–Crippen MR) is 79.8 cm³/mol. The lowest BCUT2D eigenvalue weighted by atomic mass is 9.77. The lowest BCUT2D eigenvalue weighted by Gasteiger charge is -2.27. The number of hydrogen-bond acceptors (Lipinski definition) is 2. The van der Waals surface area contributed by atoms with Crippen LogP contribution in [0.2, 0.25) is 0 Å². The lowest BCUT2D eigenvalue weighted by molar-refractivity contribution is 0.00116. The van der Waals surface area contributed by atoms with Crippen molar-refractivity contribution in [3.8, 4) is 0 Å². The van der Waals surface area contributed by atoms with E-state index in [0.717, 1.165) is 12.8 Å². The summed E-state index contributed by atoms with van der Waals surface area (Å²) in [6, 6.07) is 6.14. The Labute approximate surface area is 129 Å². The van der Waals surface area contributed by atoms with Crippen molar-refractivity contribution in [2.75, 3.05) is 19.6 Å². The lowest BCUT2D eigenvalue weighted by Crippen LogP contribution is -2.43. The Morgan fingerprint density at radius 1 is 1.23 bits per heavy atom. The van der Waals surface area contributed by atoms with Crippen LogP contribution in [0.1, 0.15) is 24.0 Å². The van der Waals surface area contributed by atoms with Gasteiger partial charge >= 0.3 is 0 Å². The average molecular weight is 330 g/mol. The largest absolute Gasteiger partial charge is 0.286 e. The molecule has 2 fully saturated rings. The van der Waals surface area contributed by atoms with E-state index < -0.39 is 22.7 Å². The minimum atomic E-state index is -3.84. The van der Waals surface area contributed by atoms with Gasteiger partial charge in [-0.15, -0.1) is 0 Å². The van der Waals surface area contributed by atoms with Crippen molar-refractivity contribution in [2.45, 2.75) is 25.7 Å². The first kappa shape index (κ1) is 15.8. The molecular formula is C15H20F2N2O2S. The summed E-state index contributed by atoms with van der Waals surface area (Å²) in [6.45, 7) is 1.59. The first-order chi connectivity index (χ1) is 10.3. The molecule has 0 bridgehead atoms. The first-order valence-electron chi connectivity index (χ1n) is 7.48. The van der Waals surface area contributed by atoms with Crippen LogP contribution in [0.5, 0.6) is 0 Å². The van der Waals surface area contributed by atoms with Crippen molar-refractivity contribution in [3.05, 3.63) is 35.4 Å². The fraction of sp³-hybridized carbons (Fsp3) is 0.600. The highest BCUT2D eigenvalue weighted by Crippen LogP contribution is 2.41. The van der Waals surface area contributed by atoms with Crippen molar-refractivity contribution in [1.82, 2.24) is 9.03 Å². The van der Waals surface area contributed by atoms with E-state index in [-0.39, 0.29) is 5.56 Å². The standard InChI is InChI=1S/C15H20F2N2O2S/c1-11-4-2-3-5-14(11)15(16,17)10-18-22(20,21)19-8-12-6-7-13(12)9-19/h2-5,12-13,18H,6-10H2,1H3/t12-,13+. The van der Waals surface area contributed by atoms with E-state index in [1.807, 2.05) is 0 Å². The van der Waals surface area contributed by atoms with Crippen LogP contribution in [0, 0.1) is 18.8 Å². The number of nitrogens with zero attached hydrogens (tertiary/aromatic N) is 1. The van der Waals surface area contributed by atoms with E-state index in [1.54, 1.807) is 19.1 Å². The van der Waals surface area contributed by atoms with Gasteiger partial charge in [-0.3, -0.25) is 0 Å². The molecule has 22 heavy (non-hydrogen) atoms. The van der Waals surface area contributed by atoms with Gasteiger partial charge in [0.2, 0.25) is 0 Å². The van der Waals surface area contributed by atoms with E-state index in [2.05, 4.69) is 4.72 Å². The molecule has 1 saturated carbocycles. The summed E-state index contributed by atoms with van der Waals surface area (Å²) in [7, 11) is -3.84. The maximum absolute atomic E-state index is 14.3. The van der Waals surface area contributed by atoms with Crippen LogP contribution >= 0.6 is 0 Å². The van der Waals surface area contributed by atoms with Gasteiger partial charge in [-0.25, -0.2) is 0 Å². The summed E-state index contributed by atoms with van der Waals surface area (Å²) in [6.07, 6.45) is 2.08. The summed E-state index contributed by atoms with van der Waals surface area (Å²) in [5, 5.41) is 0. The number of aryl methyl sites for hydroxylation is 1. The summed E-state index contributed by atoms with van der Waals surface area (Å²) >= 11 is 0. The maximum Gasteiger partial charge on any atom is 0.286 e.